The summed E-state index contributed by atoms with van der Waals surface area (Å²) in [6.07, 6.45) is 0.342. The van der Waals surface area contributed by atoms with Crippen LogP contribution in [0.5, 0.6) is 5.75 Å². The van der Waals surface area contributed by atoms with Gasteiger partial charge in [-0.2, -0.15) is 0 Å². The van der Waals surface area contributed by atoms with Crippen LogP contribution in [0.2, 0.25) is 0 Å². The molecule has 2 aromatic carbocycles. The fraction of sp³-hybridized carbons (Fsp3) is 0.348. The number of rotatable bonds is 9. The summed E-state index contributed by atoms with van der Waals surface area (Å²) in [5.74, 6) is -0.0761. The lowest BCUT2D eigenvalue weighted by Gasteiger charge is -2.24. The van der Waals surface area contributed by atoms with Crippen LogP contribution in [0.4, 0.5) is 10.1 Å². The summed E-state index contributed by atoms with van der Waals surface area (Å²) in [6.45, 7) is 5.07. The minimum atomic E-state index is -0.707. The van der Waals surface area contributed by atoms with Crippen molar-refractivity contribution >= 4 is 34.8 Å². The van der Waals surface area contributed by atoms with Crippen LogP contribution in [-0.4, -0.2) is 52.5 Å². The van der Waals surface area contributed by atoms with E-state index in [0.29, 0.717) is 42.5 Å². The van der Waals surface area contributed by atoms with Gasteiger partial charge in [0.15, 0.2) is 5.11 Å². The minimum Gasteiger partial charge on any atom is -0.494 e. The topological polar surface area (TPSA) is 61.9 Å². The molecule has 0 radical (unpaired) electrons. The molecule has 0 saturated carbocycles. The number of nitrogens with one attached hydrogen (secondary N) is 1. The van der Waals surface area contributed by atoms with Gasteiger partial charge in [0.2, 0.25) is 5.91 Å². The highest BCUT2D eigenvalue weighted by atomic mass is 32.1. The van der Waals surface area contributed by atoms with E-state index in [0.717, 1.165) is 5.75 Å². The molecule has 1 saturated heterocycles. The third kappa shape index (κ3) is 5.38. The first kappa shape index (κ1) is 22.7. The van der Waals surface area contributed by atoms with Crippen molar-refractivity contribution in [2.24, 2.45) is 0 Å². The minimum absolute atomic E-state index is 0.0417. The van der Waals surface area contributed by atoms with Crippen LogP contribution in [0.25, 0.3) is 0 Å². The number of halogens is 1. The first-order chi connectivity index (χ1) is 14.9. The standard InChI is InChI=1S/C23H26FN3O3S/c1-3-26-22(29)20(15-21(28)25-17-9-11-18(12-10-17)30-4-2)27(23(26)31)14-13-16-7-5-6-8-19(16)24/h5-12,20H,3-4,13-15H2,1-2H3,(H,25,28)/t20-/m1/s1. The van der Waals surface area contributed by atoms with Gasteiger partial charge in [-0.1, -0.05) is 18.2 Å². The zero-order valence-corrected chi connectivity index (χ0v) is 18.5. The number of nitrogens with zero attached hydrogens (tertiary/aromatic N) is 2. The highest BCUT2D eigenvalue weighted by Gasteiger charge is 2.42. The second-order valence-corrected chi connectivity index (χ2v) is 7.49. The number of likely N-dealkylation sites (N-methyl/N-ethyl adjacent to an activating group) is 1. The van der Waals surface area contributed by atoms with Crippen molar-refractivity contribution in [2.75, 3.05) is 25.0 Å². The molecule has 1 N–H and O–H groups in total. The zero-order valence-electron chi connectivity index (χ0n) is 17.6. The Morgan fingerprint density at radius 2 is 1.87 bits per heavy atom. The van der Waals surface area contributed by atoms with E-state index >= 15 is 0 Å². The monoisotopic (exact) mass is 443 g/mol. The molecule has 164 valence electrons. The van der Waals surface area contributed by atoms with E-state index in [1.165, 1.54) is 11.0 Å². The molecule has 8 heteroatoms. The summed E-state index contributed by atoms with van der Waals surface area (Å²) in [6, 6.07) is 12.9. The van der Waals surface area contributed by atoms with Gasteiger partial charge in [0, 0.05) is 18.8 Å². The number of amides is 2. The number of carbonyl (C=O) groups is 2. The van der Waals surface area contributed by atoms with Crippen LogP contribution in [0.3, 0.4) is 0 Å². The molecular weight excluding hydrogens is 417 g/mol. The normalized spacial score (nSPS) is 16.0. The van der Waals surface area contributed by atoms with Crippen molar-refractivity contribution in [3.05, 3.63) is 59.9 Å². The van der Waals surface area contributed by atoms with Gasteiger partial charge in [0.25, 0.3) is 5.91 Å². The lowest BCUT2D eigenvalue weighted by molar-refractivity contribution is -0.130. The van der Waals surface area contributed by atoms with Crippen molar-refractivity contribution in [2.45, 2.75) is 32.7 Å². The first-order valence-electron chi connectivity index (χ1n) is 10.3. The lowest BCUT2D eigenvalue weighted by Crippen LogP contribution is -2.39. The molecule has 0 unspecified atom stereocenters. The molecule has 1 atom stereocenters. The van der Waals surface area contributed by atoms with Crippen LogP contribution in [-0.2, 0) is 16.0 Å². The van der Waals surface area contributed by atoms with E-state index in [1.54, 1.807) is 47.4 Å². The zero-order chi connectivity index (χ0) is 22.4. The van der Waals surface area contributed by atoms with Crippen LogP contribution in [0, 0.1) is 5.82 Å². The Kier molecular flexibility index (Phi) is 7.57. The summed E-state index contributed by atoms with van der Waals surface area (Å²) in [7, 11) is 0. The van der Waals surface area contributed by atoms with Gasteiger partial charge in [0.1, 0.15) is 17.6 Å². The maximum atomic E-state index is 14.0. The van der Waals surface area contributed by atoms with Crippen molar-refractivity contribution < 1.29 is 18.7 Å². The fourth-order valence-corrected chi connectivity index (χ4v) is 4.00. The summed E-state index contributed by atoms with van der Waals surface area (Å²) < 4.78 is 19.4. The van der Waals surface area contributed by atoms with E-state index in [4.69, 9.17) is 17.0 Å². The maximum Gasteiger partial charge on any atom is 0.252 e. The van der Waals surface area contributed by atoms with Gasteiger partial charge in [-0.05, 0) is 68.4 Å². The SMILES string of the molecule is CCOc1ccc(NC(=O)C[C@@H]2C(=O)N(CC)C(=S)N2CCc2ccccc2F)cc1. The Labute approximate surface area is 187 Å². The van der Waals surface area contributed by atoms with E-state index < -0.39 is 6.04 Å². The van der Waals surface area contributed by atoms with Crippen LogP contribution < -0.4 is 10.1 Å². The molecular formula is C23H26FN3O3S. The Balaban J connectivity index is 1.68. The third-order valence-corrected chi connectivity index (χ3v) is 5.58. The van der Waals surface area contributed by atoms with Crippen LogP contribution in [0.15, 0.2) is 48.5 Å². The molecule has 1 aliphatic rings. The number of benzene rings is 2. The molecule has 0 aromatic heterocycles. The van der Waals surface area contributed by atoms with Crippen molar-refractivity contribution in [1.29, 1.82) is 0 Å². The van der Waals surface area contributed by atoms with E-state index in [-0.39, 0.29) is 24.1 Å². The van der Waals surface area contributed by atoms with Crippen molar-refractivity contribution in [3.63, 3.8) is 0 Å². The molecule has 3 rings (SSSR count). The Morgan fingerprint density at radius 3 is 2.52 bits per heavy atom. The number of hydrogen-bond donors (Lipinski definition) is 1. The average Bonchev–Trinajstić information content (AvgIpc) is 2.97. The maximum absolute atomic E-state index is 14.0. The van der Waals surface area contributed by atoms with Gasteiger partial charge in [0.05, 0.1) is 13.0 Å². The first-order valence-corrected chi connectivity index (χ1v) is 10.7. The largest absolute Gasteiger partial charge is 0.494 e. The Morgan fingerprint density at radius 1 is 1.16 bits per heavy atom. The molecule has 1 aliphatic heterocycles. The third-order valence-electron chi connectivity index (χ3n) is 5.13. The average molecular weight is 444 g/mol. The summed E-state index contributed by atoms with van der Waals surface area (Å²) in [4.78, 5) is 28.7. The number of carbonyl (C=O) groups excluding carboxylic acids is 2. The van der Waals surface area contributed by atoms with Gasteiger partial charge in [-0.15, -0.1) is 0 Å². The molecule has 2 amide bonds. The summed E-state index contributed by atoms with van der Waals surface area (Å²) >= 11 is 5.48. The molecule has 1 fully saturated rings. The van der Waals surface area contributed by atoms with Gasteiger partial charge in [-0.25, -0.2) is 4.39 Å². The summed E-state index contributed by atoms with van der Waals surface area (Å²) in [5, 5.41) is 3.19. The molecule has 6 nitrogen and oxygen atoms in total. The quantitative estimate of drug-likeness (QED) is 0.600. The highest BCUT2D eigenvalue weighted by Crippen LogP contribution is 2.23. The second kappa shape index (κ2) is 10.3. The number of hydrogen-bond acceptors (Lipinski definition) is 4. The number of ether oxygens (including phenoxy) is 1. The molecule has 1 heterocycles. The Hall–Kier alpha value is -3.00. The lowest BCUT2D eigenvalue weighted by atomic mass is 10.1. The number of thiocarbonyl (C=S) groups is 1. The smallest absolute Gasteiger partial charge is 0.252 e. The second-order valence-electron chi connectivity index (χ2n) is 7.13. The fourth-order valence-electron chi connectivity index (χ4n) is 3.57. The number of anilines is 1. The molecule has 0 spiro atoms. The highest BCUT2D eigenvalue weighted by molar-refractivity contribution is 7.80. The van der Waals surface area contributed by atoms with Crippen LogP contribution >= 0.6 is 12.2 Å². The van der Waals surface area contributed by atoms with Crippen molar-refractivity contribution in [3.8, 4) is 5.75 Å². The molecule has 31 heavy (non-hydrogen) atoms. The van der Waals surface area contributed by atoms with E-state index in [2.05, 4.69) is 5.32 Å². The van der Waals surface area contributed by atoms with Gasteiger partial charge in [-0.3, -0.25) is 14.5 Å². The van der Waals surface area contributed by atoms with E-state index in [1.807, 2.05) is 13.8 Å². The predicted octanol–water partition coefficient (Wildman–Crippen LogP) is 3.61. The summed E-state index contributed by atoms with van der Waals surface area (Å²) in [5.41, 5.74) is 1.16. The van der Waals surface area contributed by atoms with E-state index in [9.17, 15) is 14.0 Å². The predicted molar refractivity (Wildman–Crippen MR) is 121 cm³/mol. The Bertz CT molecular complexity index is 951. The van der Waals surface area contributed by atoms with Gasteiger partial charge < -0.3 is 15.0 Å². The van der Waals surface area contributed by atoms with Crippen molar-refractivity contribution in [1.82, 2.24) is 9.80 Å². The molecule has 0 aliphatic carbocycles. The molecule has 2 aromatic rings. The van der Waals surface area contributed by atoms with Gasteiger partial charge >= 0.3 is 0 Å². The van der Waals surface area contributed by atoms with Crippen LogP contribution in [0.1, 0.15) is 25.8 Å². The molecule has 0 bridgehead atoms.